The van der Waals surface area contributed by atoms with Gasteiger partial charge in [0, 0.05) is 10.8 Å². The van der Waals surface area contributed by atoms with Crippen LogP contribution >= 0.6 is 0 Å². The SMILES string of the molecule is FC(F)(F)/C=N/Nc1c2ccccc2nc2ccccc12. The first kappa shape index (κ1) is 13.4. The van der Waals surface area contributed by atoms with Gasteiger partial charge in [-0.3, -0.25) is 5.43 Å². The van der Waals surface area contributed by atoms with Crippen LogP contribution in [0.3, 0.4) is 0 Å². The molecule has 0 unspecified atom stereocenters. The monoisotopic (exact) mass is 289 g/mol. The number of aromatic nitrogens is 1. The summed E-state index contributed by atoms with van der Waals surface area (Å²) in [4.78, 5) is 4.48. The molecule has 0 aliphatic carbocycles. The maximum atomic E-state index is 12.2. The summed E-state index contributed by atoms with van der Waals surface area (Å²) in [7, 11) is 0. The minimum Gasteiger partial charge on any atom is -0.277 e. The average molecular weight is 289 g/mol. The van der Waals surface area contributed by atoms with Crippen LogP contribution in [-0.2, 0) is 0 Å². The first-order valence-corrected chi connectivity index (χ1v) is 6.19. The first-order valence-electron chi connectivity index (χ1n) is 6.19. The van der Waals surface area contributed by atoms with Crippen molar-refractivity contribution in [2.24, 2.45) is 5.10 Å². The van der Waals surface area contributed by atoms with Crippen LogP contribution in [0.4, 0.5) is 18.9 Å². The molecular weight excluding hydrogens is 279 g/mol. The molecule has 0 bridgehead atoms. The molecule has 0 amide bonds. The predicted octanol–water partition coefficient (Wildman–Crippen LogP) is 4.35. The zero-order chi connectivity index (χ0) is 14.9. The standard InChI is InChI=1S/C15H10F3N3/c16-15(17,18)9-19-21-14-10-5-1-3-7-12(10)20-13-8-4-2-6-11(13)14/h1-9H,(H,20,21)/b19-9+. The summed E-state index contributed by atoms with van der Waals surface area (Å²) in [5.41, 5.74) is 4.40. The van der Waals surface area contributed by atoms with E-state index in [9.17, 15) is 13.2 Å². The normalized spacial score (nSPS) is 12.3. The Balaban J connectivity index is 2.18. The Bertz CT molecular complexity index is 771. The van der Waals surface area contributed by atoms with Crippen molar-refractivity contribution >= 4 is 33.7 Å². The first-order chi connectivity index (χ1) is 10.0. The molecule has 6 heteroatoms. The summed E-state index contributed by atoms with van der Waals surface area (Å²) in [5, 5.41) is 4.72. The second-order valence-electron chi connectivity index (χ2n) is 4.43. The third kappa shape index (κ3) is 2.79. The van der Waals surface area contributed by atoms with Crippen LogP contribution in [0.15, 0.2) is 53.6 Å². The molecule has 3 rings (SSSR count). The van der Waals surface area contributed by atoms with E-state index in [1.807, 2.05) is 12.1 Å². The Morgan fingerprint density at radius 3 is 1.95 bits per heavy atom. The average Bonchev–Trinajstić information content (AvgIpc) is 2.45. The van der Waals surface area contributed by atoms with E-state index in [0.29, 0.717) is 16.7 Å². The van der Waals surface area contributed by atoms with Gasteiger partial charge in [0.2, 0.25) is 0 Å². The van der Waals surface area contributed by atoms with E-state index in [4.69, 9.17) is 0 Å². The highest BCUT2D eigenvalue weighted by Gasteiger charge is 2.23. The summed E-state index contributed by atoms with van der Waals surface area (Å²) < 4.78 is 36.6. The van der Waals surface area contributed by atoms with Crippen LogP contribution in [0, 0.1) is 0 Å². The van der Waals surface area contributed by atoms with E-state index in [1.165, 1.54) is 0 Å². The highest BCUT2D eigenvalue weighted by atomic mass is 19.4. The summed E-state index contributed by atoms with van der Waals surface area (Å²) in [5.74, 6) is 0. The van der Waals surface area contributed by atoms with Crippen molar-refractivity contribution in [3.8, 4) is 0 Å². The van der Waals surface area contributed by atoms with E-state index in [-0.39, 0.29) is 6.21 Å². The maximum absolute atomic E-state index is 12.2. The zero-order valence-electron chi connectivity index (χ0n) is 10.7. The minimum absolute atomic E-state index is 0.0724. The molecule has 1 heterocycles. The van der Waals surface area contributed by atoms with Crippen molar-refractivity contribution in [3.63, 3.8) is 0 Å². The number of alkyl halides is 3. The van der Waals surface area contributed by atoms with E-state index in [1.54, 1.807) is 36.4 Å². The minimum atomic E-state index is -4.45. The number of anilines is 1. The van der Waals surface area contributed by atoms with Gasteiger partial charge in [-0.1, -0.05) is 36.4 Å². The third-order valence-electron chi connectivity index (χ3n) is 2.97. The fraction of sp³-hybridized carbons (Fsp3) is 0.0667. The lowest BCUT2D eigenvalue weighted by Crippen LogP contribution is -2.10. The van der Waals surface area contributed by atoms with E-state index in [2.05, 4.69) is 15.5 Å². The number of hydrazone groups is 1. The summed E-state index contributed by atoms with van der Waals surface area (Å²) in [6, 6.07) is 14.5. The molecule has 0 spiro atoms. The number of halogens is 3. The number of hydrogen-bond acceptors (Lipinski definition) is 3. The molecule has 21 heavy (non-hydrogen) atoms. The number of pyridine rings is 1. The van der Waals surface area contributed by atoms with Gasteiger partial charge < -0.3 is 0 Å². The summed E-state index contributed by atoms with van der Waals surface area (Å²) in [6.45, 7) is 0. The van der Waals surface area contributed by atoms with Crippen molar-refractivity contribution in [3.05, 3.63) is 48.5 Å². The second-order valence-corrected chi connectivity index (χ2v) is 4.43. The number of nitrogens with zero attached hydrogens (tertiary/aromatic N) is 2. The number of fused-ring (bicyclic) bond motifs is 2. The van der Waals surface area contributed by atoms with Gasteiger partial charge in [0.25, 0.3) is 0 Å². The topological polar surface area (TPSA) is 37.3 Å². The molecular formula is C15H10F3N3. The molecule has 0 saturated carbocycles. The van der Waals surface area contributed by atoms with Gasteiger partial charge in [0.05, 0.1) is 16.7 Å². The Kier molecular flexibility index (Phi) is 3.21. The molecule has 2 aromatic carbocycles. The van der Waals surface area contributed by atoms with Crippen molar-refractivity contribution < 1.29 is 13.2 Å². The van der Waals surface area contributed by atoms with Crippen LogP contribution in [0.5, 0.6) is 0 Å². The number of para-hydroxylation sites is 2. The number of hydrogen-bond donors (Lipinski definition) is 1. The summed E-state index contributed by atoms with van der Waals surface area (Å²) >= 11 is 0. The molecule has 1 N–H and O–H groups in total. The fourth-order valence-electron chi connectivity index (χ4n) is 2.13. The third-order valence-corrected chi connectivity index (χ3v) is 2.97. The van der Waals surface area contributed by atoms with E-state index < -0.39 is 6.18 Å². The quantitative estimate of drug-likeness (QED) is 0.432. The van der Waals surface area contributed by atoms with Gasteiger partial charge in [-0.05, 0) is 12.1 Å². The van der Waals surface area contributed by atoms with Gasteiger partial charge in [-0.15, -0.1) is 0 Å². The Labute approximate surface area is 118 Å². The molecule has 0 aliphatic heterocycles. The molecule has 0 aliphatic rings. The van der Waals surface area contributed by atoms with E-state index >= 15 is 0 Å². The second kappa shape index (κ2) is 5.05. The van der Waals surface area contributed by atoms with Gasteiger partial charge in [-0.2, -0.15) is 18.3 Å². The predicted molar refractivity (Wildman–Crippen MR) is 77.4 cm³/mol. The van der Waals surface area contributed by atoms with Crippen LogP contribution in [-0.4, -0.2) is 17.4 Å². The highest BCUT2D eigenvalue weighted by Crippen LogP contribution is 2.30. The van der Waals surface area contributed by atoms with Crippen molar-refractivity contribution in [1.82, 2.24) is 4.98 Å². The van der Waals surface area contributed by atoms with Gasteiger partial charge in [-0.25, -0.2) is 4.98 Å². The highest BCUT2D eigenvalue weighted by molar-refractivity contribution is 6.07. The lowest BCUT2D eigenvalue weighted by Gasteiger charge is -2.10. The van der Waals surface area contributed by atoms with Gasteiger partial charge in [0.15, 0.2) is 0 Å². The lowest BCUT2D eigenvalue weighted by atomic mass is 10.1. The number of rotatable bonds is 2. The Hall–Kier alpha value is -2.63. The molecule has 3 aromatic rings. The molecule has 3 nitrogen and oxygen atoms in total. The zero-order valence-corrected chi connectivity index (χ0v) is 10.7. The maximum Gasteiger partial charge on any atom is 0.428 e. The molecule has 0 fully saturated rings. The van der Waals surface area contributed by atoms with Gasteiger partial charge >= 0.3 is 6.18 Å². The smallest absolute Gasteiger partial charge is 0.277 e. The largest absolute Gasteiger partial charge is 0.428 e. The number of nitrogens with one attached hydrogen (secondary N) is 1. The summed E-state index contributed by atoms with van der Waals surface area (Å²) in [6.07, 6.45) is -4.53. The van der Waals surface area contributed by atoms with Crippen molar-refractivity contribution in [1.29, 1.82) is 0 Å². The van der Waals surface area contributed by atoms with Crippen LogP contribution in [0.25, 0.3) is 21.8 Å². The van der Waals surface area contributed by atoms with Crippen molar-refractivity contribution in [2.45, 2.75) is 6.18 Å². The lowest BCUT2D eigenvalue weighted by molar-refractivity contribution is -0.0536. The van der Waals surface area contributed by atoms with Crippen LogP contribution in [0.1, 0.15) is 0 Å². The number of benzene rings is 2. The molecule has 1 aromatic heterocycles. The molecule has 0 saturated heterocycles. The van der Waals surface area contributed by atoms with Gasteiger partial charge in [0.1, 0.15) is 6.21 Å². The molecule has 106 valence electrons. The Morgan fingerprint density at radius 2 is 1.43 bits per heavy atom. The molecule has 0 atom stereocenters. The van der Waals surface area contributed by atoms with Crippen LogP contribution in [0.2, 0.25) is 0 Å². The fourth-order valence-corrected chi connectivity index (χ4v) is 2.13. The molecule has 0 radical (unpaired) electrons. The van der Waals surface area contributed by atoms with Crippen LogP contribution < -0.4 is 5.43 Å². The van der Waals surface area contributed by atoms with E-state index in [0.717, 1.165) is 10.8 Å². The Morgan fingerprint density at radius 1 is 0.905 bits per heavy atom. The van der Waals surface area contributed by atoms with Crippen molar-refractivity contribution in [2.75, 3.05) is 5.43 Å².